The molecule has 1 N–H and O–H groups in total. The van der Waals surface area contributed by atoms with Gasteiger partial charge < -0.3 is 9.84 Å². The summed E-state index contributed by atoms with van der Waals surface area (Å²) in [5.74, 6) is -1.36. The number of rotatable bonds is 0. The smallest absolute Gasteiger partial charge is 0.333 e. The molecular weight excluding hydrogens is 228 g/mol. The third-order valence-electron chi connectivity index (χ3n) is 5.21. The van der Waals surface area contributed by atoms with Crippen LogP contribution in [0.5, 0.6) is 0 Å². The highest BCUT2D eigenvalue weighted by molar-refractivity contribution is 5.86. The SMILES string of the molecule is C=C1[C@@H](C)C[C@@H]2C[C@@]1(C)CCC1=CC(=O)O[C@@]12O. The maximum atomic E-state index is 11.4. The second-order valence-corrected chi connectivity index (χ2v) is 6.41. The Balaban J connectivity index is 2.05. The number of esters is 1. The van der Waals surface area contributed by atoms with Crippen LogP contribution in [0.2, 0.25) is 0 Å². The Morgan fingerprint density at radius 1 is 1.56 bits per heavy atom. The highest BCUT2D eigenvalue weighted by atomic mass is 16.7. The summed E-state index contributed by atoms with van der Waals surface area (Å²) < 4.78 is 5.24. The Morgan fingerprint density at radius 3 is 3.00 bits per heavy atom. The number of allylic oxidation sites excluding steroid dienone is 1. The molecule has 2 aliphatic carbocycles. The summed E-state index contributed by atoms with van der Waals surface area (Å²) in [6, 6.07) is 0. The maximum absolute atomic E-state index is 11.4. The Kier molecular flexibility index (Phi) is 2.31. The maximum Gasteiger partial charge on any atom is 0.333 e. The molecule has 0 saturated heterocycles. The van der Waals surface area contributed by atoms with Crippen molar-refractivity contribution in [2.75, 3.05) is 0 Å². The van der Waals surface area contributed by atoms with Crippen LogP contribution >= 0.6 is 0 Å². The van der Waals surface area contributed by atoms with Crippen LogP contribution < -0.4 is 0 Å². The van der Waals surface area contributed by atoms with Gasteiger partial charge in [-0.1, -0.05) is 26.0 Å². The molecule has 2 fully saturated rings. The monoisotopic (exact) mass is 248 g/mol. The fourth-order valence-corrected chi connectivity index (χ4v) is 3.98. The van der Waals surface area contributed by atoms with E-state index in [-0.39, 0.29) is 11.3 Å². The normalized spacial score (nSPS) is 47.2. The molecule has 3 nitrogen and oxygen atoms in total. The molecule has 1 heterocycles. The van der Waals surface area contributed by atoms with E-state index in [4.69, 9.17) is 4.74 Å². The third kappa shape index (κ3) is 1.43. The largest absolute Gasteiger partial charge is 0.426 e. The molecule has 2 saturated carbocycles. The first kappa shape index (κ1) is 12.0. The van der Waals surface area contributed by atoms with Crippen LogP contribution in [0.15, 0.2) is 23.8 Å². The summed E-state index contributed by atoms with van der Waals surface area (Å²) in [6.07, 6.45) is 4.85. The summed E-state index contributed by atoms with van der Waals surface area (Å²) in [7, 11) is 0. The van der Waals surface area contributed by atoms with Gasteiger partial charge in [0.05, 0.1) is 0 Å². The van der Waals surface area contributed by atoms with E-state index in [9.17, 15) is 9.90 Å². The summed E-state index contributed by atoms with van der Waals surface area (Å²) in [5, 5.41) is 10.8. The highest BCUT2D eigenvalue weighted by Gasteiger charge is 2.55. The molecule has 3 heteroatoms. The van der Waals surface area contributed by atoms with Gasteiger partial charge in [-0.15, -0.1) is 0 Å². The molecule has 0 spiro atoms. The van der Waals surface area contributed by atoms with Crippen molar-refractivity contribution in [3.63, 3.8) is 0 Å². The minimum atomic E-state index is -1.34. The van der Waals surface area contributed by atoms with Gasteiger partial charge in [0.1, 0.15) is 0 Å². The zero-order valence-electron chi connectivity index (χ0n) is 11.0. The molecule has 2 bridgehead atoms. The molecule has 3 rings (SSSR count). The van der Waals surface area contributed by atoms with Crippen molar-refractivity contribution >= 4 is 5.97 Å². The molecule has 98 valence electrons. The number of carbonyl (C=O) groups excluding carboxylic acids is 1. The predicted molar refractivity (Wildman–Crippen MR) is 67.5 cm³/mol. The highest BCUT2D eigenvalue weighted by Crippen LogP contribution is 2.57. The van der Waals surface area contributed by atoms with Crippen LogP contribution in [-0.2, 0) is 9.53 Å². The molecule has 0 radical (unpaired) electrons. The Hall–Kier alpha value is -1.09. The van der Waals surface area contributed by atoms with Gasteiger partial charge in [-0.3, -0.25) is 0 Å². The van der Waals surface area contributed by atoms with Crippen molar-refractivity contribution < 1.29 is 14.6 Å². The average Bonchev–Trinajstić information content (AvgIpc) is 2.55. The van der Waals surface area contributed by atoms with Gasteiger partial charge in [0.15, 0.2) is 0 Å². The predicted octanol–water partition coefficient (Wildman–Crippen LogP) is 2.56. The van der Waals surface area contributed by atoms with E-state index in [0.717, 1.165) is 31.3 Å². The number of hydrogen-bond acceptors (Lipinski definition) is 3. The van der Waals surface area contributed by atoms with Crippen molar-refractivity contribution in [2.45, 2.75) is 45.3 Å². The molecule has 0 amide bonds. The Labute approximate surface area is 108 Å². The van der Waals surface area contributed by atoms with Crippen LogP contribution in [0, 0.1) is 17.3 Å². The molecule has 0 aromatic heterocycles. The number of carbonyl (C=O) groups is 1. The standard InChI is InChI=1S/C15H20O3/c1-9-6-12-8-14(3,10(9)2)5-4-11-7-13(16)18-15(11,12)17/h7,9,12,17H,2,4-6,8H2,1,3H3/t9-,12+,14+,15-/m0/s1. The van der Waals surface area contributed by atoms with Crippen LogP contribution in [0.1, 0.15) is 39.5 Å². The molecule has 1 aliphatic heterocycles. The van der Waals surface area contributed by atoms with Crippen molar-refractivity contribution in [1.29, 1.82) is 0 Å². The minimum Gasteiger partial charge on any atom is -0.426 e. The molecule has 0 unspecified atom stereocenters. The Bertz CT molecular complexity index is 464. The van der Waals surface area contributed by atoms with E-state index in [1.807, 2.05) is 0 Å². The van der Waals surface area contributed by atoms with Gasteiger partial charge in [-0.2, -0.15) is 0 Å². The molecule has 3 aliphatic rings. The second kappa shape index (κ2) is 3.47. The first-order valence-electron chi connectivity index (χ1n) is 6.71. The first-order valence-corrected chi connectivity index (χ1v) is 6.71. The molecule has 18 heavy (non-hydrogen) atoms. The Morgan fingerprint density at radius 2 is 2.28 bits per heavy atom. The lowest BCUT2D eigenvalue weighted by Gasteiger charge is -2.44. The van der Waals surface area contributed by atoms with Gasteiger partial charge in [0.2, 0.25) is 5.79 Å². The average molecular weight is 248 g/mol. The van der Waals surface area contributed by atoms with E-state index >= 15 is 0 Å². The van der Waals surface area contributed by atoms with Crippen molar-refractivity contribution in [3.05, 3.63) is 23.8 Å². The lowest BCUT2D eigenvalue weighted by atomic mass is 9.62. The first-order chi connectivity index (χ1) is 8.35. The second-order valence-electron chi connectivity index (χ2n) is 6.41. The fraction of sp³-hybridized carbons (Fsp3) is 0.667. The lowest BCUT2D eigenvalue weighted by molar-refractivity contribution is -0.206. The van der Waals surface area contributed by atoms with Gasteiger partial charge in [-0.25, -0.2) is 4.79 Å². The minimum absolute atomic E-state index is 0.00296. The summed E-state index contributed by atoms with van der Waals surface area (Å²) in [4.78, 5) is 11.4. The number of aliphatic hydroxyl groups is 1. The van der Waals surface area contributed by atoms with Gasteiger partial charge in [-0.05, 0) is 37.0 Å². The van der Waals surface area contributed by atoms with E-state index in [1.54, 1.807) is 0 Å². The zero-order chi connectivity index (χ0) is 13.1. The van der Waals surface area contributed by atoms with Crippen LogP contribution in [-0.4, -0.2) is 16.9 Å². The van der Waals surface area contributed by atoms with Crippen LogP contribution in [0.25, 0.3) is 0 Å². The molecule has 0 aromatic carbocycles. The van der Waals surface area contributed by atoms with Crippen molar-refractivity contribution in [1.82, 2.24) is 0 Å². The molecule has 0 aromatic rings. The zero-order valence-corrected chi connectivity index (χ0v) is 11.0. The van der Waals surface area contributed by atoms with E-state index in [1.165, 1.54) is 11.6 Å². The molecule has 4 atom stereocenters. The van der Waals surface area contributed by atoms with Gasteiger partial charge in [0, 0.05) is 17.6 Å². The van der Waals surface area contributed by atoms with Crippen molar-refractivity contribution in [2.24, 2.45) is 17.3 Å². The third-order valence-corrected chi connectivity index (χ3v) is 5.21. The van der Waals surface area contributed by atoms with Crippen LogP contribution in [0.4, 0.5) is 0 Å². The summed E-state index contributed by atoms with van der Waals surface area (Å²) in [5.41, 5.74) is 2.12. The van der Waals surface area contributed by atoms with Gasteiger partial charge >= 0.3 is 5.97 Å². The van der Waals surface area contributed by atoms with Crippen LogP contribution in [0.3, 0.4) is 0 Å². The van der Waals surface area contributed by atoms with Crippen molar-refractivity contribution in [3.8, 4) is 0 Å². The van der Waals surface area contributed by atoms with Gasteiger partial charge in [0.25, 0.3) is 0 Å². The summed E-state index contributed by atoms with van der Waals surface area (Å²) in [6.45, 7) is 8.63. The molecular formula is C15H20O3. The fourth-order valence-electron chi connectivity index (χ4n) is 3.98. The lowest BCUT2D eigenvalue weighted by Crippen LogP contribution is -2.44. The quantitative estimate of drug-likeness (QED) is 0.529. The number of ether oxygens (including phenoxy) is 1. The topological polar surface area (TPSA) is 46.5 Å². The number of fused-ring (bicyclic) bond motifs is 4. The van der Waals surface area contributed by atoms with E-state index in [2.05, 4.69) is 20.4 Å². The van der Waals surface area contributed by atoms with E-state index in [0.29, 0.717) is 5.92 Å². The van der Waals surface area contributed by atoms with E-state index < -0.39 is 11.8 Å². The number of hydrogen-bond donors (Lipinski definition) is 1. The summed E-state index contributed by atoms with van der Waals surface area (Å²) >= 11 is 0.